The van der Waals surface area contributed by atoms with Crippen LogP contribution in [0.5, 0.6) is 0 Å². The van der Waals surface area contributed by atoms with Crippen LogP contribution in [0.2, 0.25) is 0 Å². The molecule has 0 fully saturated rings. The van der Waals surface area contributed by atoms with Gasteiger partial charge in [0.15, 0.2) is 0 Å². The first kappa shape index (κ1) is 13.8. The molecule has 0 saturated carbocycles. The van der Waals surface area contributed by atoms with Gasteiger partial charge in [0.05, 0.1) is 5.69 Å². The number of aromatic nitrogens is 1. The molecule has 0 saturated heterocycles. The fourth-order valence-corrected chi connectivity index (χ4v) is 4.04. The van der Waals surface area contributed by atoms with Gasteiger partial charge < -0.3 is 5.32 Å². The van der Waals surface area contributed by atoms with Gasteiger partial charge in [-0.3, -0.25) is 0 Å². The van der Waals surface area contributed by atoms with E-state index in [2.05, 4.69) is 43.4 Å². The second kappa shape index (κ2) is 6.06. The Morgan fingerprint density at radius 2 is 2.15 bits per heavy atom. The number of rotatable bonds is 6. The SMILES string of the molecule is CCCc1nc(C2Cc3ccccc32)sc1CNCC. The van der Waals surface area contributed by atoms with E-state index in [0.717, 1.165) is 25.9 Å². The molecule has 2 nitrogen and oxygen atoms in total. The summed E-state index contributed by atoms with van der Waals surface area (Å²) in [5.74, 6) is 0.544. The predicted molar refractivity (Wildman–Crippen MR) is 85.5 cm³/mol. The molecular formula is C17H22N2S. The molecule has 3 rings (SSSR count). The van der Waals surface area contributed by atoms with Gasteiger partial charge in [-0.15, -0.1) is 11.3 Å². The van der Waals surface area contributed by atoms with Gasteiger partial charge in [-0.05, 0) is 30.5 Å². The fraction of sp³-hybridized carbons (Fsp3) is 0.471. The third kappa shape index (κ3) is 2.52. The highest BCUT2D eigenvalue weighted by Crippen LogP contribution is 2.42. The standard InChI is InChI=1S/C17H22N2S/c1-3-7-15-16(11-18-4-2)20-17(19-15)14-10-12-8-5-6-9-13(12)14/h5-6,8-9,14,18H,3-4,7,10-11H2,1-2H3. The van der Waals surface area contributed by atoms with Crippen LogP contribution in [0.4, 0.5) is 0 Å². The maximum Gasteiger partial charge on any atom is 0.101 e. The van der Waals surface area contributed by atoms with Gasteiger partial charge >= 0.3 is 0 Å². The van der Waals surface area contributed by atoms with Crippen molar-refractivity contribution in [1.82, 2.24) is 10.3 Å². The van der Waals surface area contributed by atoms with Gasteiger partial charge in [0.25, 0.3) is 0 Å². The topological polar surface area (TPSA) is 24.9 Å². The Hall–Kier alpha value is -1.19. The second-order valence-electron chi connectivity index (χ2n) is 5.41. The van der Waals surface area contributed by atoms with Gasteiger partial charge in [-0.25, -0.2) is 4.98 Å². The molecule has 1 aliphatic rings. The lowest BCUT2D eigenvalue weighted by molar-refractivity contribution is 0.694. The van der Waals surface area contributed by atoms with E-state index < -0.39 is 0 Å². The zero-order valence-corrected chi connectivity index (χ0v) is 13.1. The molecule has 0 radical (unpaired) electrons. The Morgan fingerprint density at radius 3 is 2.90 bits per heavy atom. The molecule has 0 aliphatic heterocycles. The average molecular weight is 286 g/mol. The zero-order valence-electron chi connectivity index (χ0n) is 12.3. The largest absolute Gasteiger partial charge is 0.312 e. The monoisotopic (exact) mass is 286 g/mol. The minimum absolute atomic E-state index is 0.544. The minimum Gasteiger partial charge on any atom is -0.312 e. The first-order chi connectivity index (χ1) is 9.83. The maximum atomic E-state index is 4.95. The van der Waals surface area contributed by atoms with E-state index in [4.69, 9.17) is 4.98 Å². The van der Waals surface area contributed by atoms with Crippen molar-refractivity contribution >= 4 is 11.3 Å². The molecule has 1 unspecified atom stereocenters. The lowest BCUT2D eigenvalue weighted by Crippen LogP contribution is -2.17. The van der Waals surface area contributed by atoms with Gasteiger partial charge in [-0.2, -0.15) is 0 Å². The summed E-state index contributed by atoms with van der Waals surface area (Å²) in [7, 11) is 0. The number of aryl methyl sites for hydroxylation is 1. The van der Waals surface area contributed by atoms with Crippen molar-refractivity contribution < 1.29 is 0 Å². The minimum atomic E-state index is 0.544. The molecule has 3 heteroatoms. The number of nitrogens with zero attached hydrogens (tertiary/aromatic N) is 1. The van der Waals surface area contributed by atoms with Crippen LogP contribution in [0.15, 0.2) is 24.3 Å². The summed E-state index contributed by atoms with van der Waals surface area (Å²) < 4.78 is 0. The third-order valence-corrected chi connectivity index (χ3v) is 5.18. The molecule has 2 aromatic rings. The van der Waals surface area contributed by atoms with Gasteiger partial charge in [-0.1, -0.05) is 44.5 Å². The Labute approximate surface area is 125 Å². The van der Waals surface area contributed by atoms with Crippen LogP contribution in [-0.2, 0) is 19.4 Å². The molecule has 1 atom stereocenters. The van der Waals surface area contributed by atoms with Crippen LogP contribution in [0.1, 0.15) is 52.9 Å². The molecule has 1 aliphatic carbocycles. The molecule has 0 spiro atoms. The van der Waals surface area contributed by atoms with Crippen molar-refractivity contribution in [2.45, 2.75) is 45.6 Å². The molecule has 1 heterocycles. The quantitative estimate of drug-likeness (QED) is 0.871. The molecule has 0 amide bonds. The van der Waals surface area contributed by atoms with E-state index in [0.29, 0.717) is 5.92 Å². The second-order valence-corrected chi connectivity index (χ2v) is 6.52. The fourth-order valence-electron chi connectivity index (χ4n) is 2.84. The van der Waals surface area contributed by atoms with Crippen molar-refractivity contribution in [3.8, 4) is 0 Å². The number of hydrogen-bond donors (Lipinski definition) is 1. The molecule has 1 aromatic heterocycles. The highest BCUT2D eigenvalue weighted by atomic mass is 32.1. The van der Waals surface area contributed by atoms with E-state index >= 15 is 0 Å². The Morgan fingerprint density at radius 1 is 1.30 bits per heavy atom. The third-order valence-electron chi connectivity index (χ3n) is 3.97. The van der Waals surface area contributed by atoms with Crippen LogP contribution >= 0.6 is 11.3 Å². The van der Waals surface area contributed by atoms with Gasteiger partial charge in [0, 0.05) is 17.3 Å². The van der Waals surface area contributed by atoms with E-state index in [1.165, 1.54) is 33.1 Å². The van der Waals surface area contributed by atoms with Crippen LogP contribution in [0.3, 0.4) is 0 Å². The van der Waals surface area contributed by atoms with Crippen LogP contribution in [0.25, 0.3) is 0 Å². The van der Waals surface area contributed by atoms with Crippen molar-refractivity contribution in [3.63, 3.8) is 0 Å². The highest BCUT2D eigenvalue weighted by Gasteiger charge is 2.30. The lowest BCUT2D eigenvalue weighted by atomic mass is 9.78. The maximum absolute atomic E-state index is 4.95. The summed E-state index contributed by atoms with van der Waals surface area (Å²) in [6.07, 6.45) is 3.44. The molecule has 1 aromatic carbocycles. The van der Waals surface area contributed by atoms with Gasteiger partial charge in [0.1, 0.15) is 5.01 Å². The molecule has 1 N–H and O–H groups in total. The number of hydrogen-bond acceptors (Lipinski definition) is 3. The average Bonchev–Trinajstić information content (AvgIpc) is 2.81. The van der Waals surface area contributed by atoms with Crippen molar-refractivity contribution in [1.29, 1.82) is 0 Å². The van der Waals surface area contributed by atoms with E-state index in [9.17, 15) is 0 Å². The van der Waals surface area contributed by atoms with Crippen LogP contribution in [-0.4, -0.2) is 11.5 Å². The van der Waals surface area contributed by atoms with Crippen molar-refractivity contribution in [2.75, 3.05) is 6.54 Å². The highest BCUT2D eigenvalue weighted by molar-refractivity contribution is 7.11. The first-order valence-corrected chi connectivity index (χ1v) is 8.42. The lowest BCUT2D eigenvalue weighted by Gasteiger charge is -2.28. The molecule has 20 heavy (non-hydrogen) atoms. The molecular weight excluding hydrogens is 264 g/mol. The zero-order chi connectivity index (χ0) is 13.9. The summed E-state index contributed by atoms with van der Waals surface area (Å²) in [5.41, 5.74) is 4.30. The summed E-state index contributed by atoms with van der Waals surface area (Å²) >= 11 is 1.91. The number of fused-ring (bicyclic) bond motifs is 1. The van der Waals surface area contributed by atoms with Crippen molar-refractivity contribution in [3.05, 3.63) is 51.0 Å². The normalized spacial score (nSPS) is 16.8. The summed E-state index contributed by atoms with van der Waals surface area (Å²) in [6.45, 7) is 6.38. The smallest absolute Gasteiger partial charge is 0.101 e. The number of nitrogens with one attached hydrogen (secondary N) is 1. The molecule has 106 valence electrons. The number of thiazole rings is 1. The van der Waals surface area contributed by atoms with Crippen LogP contribution < -0.4 is 5.32 Å². The van der Waals surface area contributed by atoms with E-state index in [-0.39, 0.29) is 0 Å². The van der Waals surface area contributed by atoms with Crippen LogP contribution in [0, 0.1) is 0 Å². The summed E-state index contributed by atoms with van der Waals surface area (Å²) in [4.78, 5) is 6.39. The van der Waals surface area contributed by atoms with E-state index in [1.807, 2.05) is 11.3 Å². The Balaban J connectivity index is 1.84. The Kier molecular flexibility index (Phi) is 4.18. The van der Waals surface area contributed by atoms with Crippen molar-refractivity contribution in [2.24, 2.45) is 0 Å². The Bertz CT molecular complexity index is 588. The predicted octanol–water partition coefficient (Wildman–Crippen LogP) is 3.89. The summed E-state index contributed by atoms with van der Waals surface area (Å²) in [5, 5.41) is 4.76. The summed E-state index contributed by atoms with van der Waals surface area (Å²) in [6, 6.07) is 8.78. The van der Waals surface area contributed by atoms with Gasteiger partial charge in [0.2, 0.25) is 0 Å². The molecule has 0 bridgehead atoms. The first-order valence-electron chi connectivity index (χ1n) is 7.60. The number of benzene rings is 1. The van der Waals surface area contributed by atoms with E-state index in [1.54, 1.807) is 0 Å².